The second-order valence-corrected chi connectivity index (χ2v) is 7.50. The van der Waals surface area contributed by atoms with Gasteiger partial charge in [0.15, 0.2) is 5.76 Å². The number of aromatic carboxylic acids is 1. The summed E-state index contributed by atoms with van der Waals surface area (Å²) in [5.41, 5.74) is 4.44. The van der Waals surface area contributed by atoms with Crippen LogP contribution in [-0.2, 0) is 0 Å². The van der Waals surface area contributed by atoms with Gasteiger partial charge in [0.05, 0.1) is 12.2 Å². The summed E-state index contributed by atoms with van der Waals surface area (Å²) in [4.78, 5) is 10.9. The molecule has 3 aromatic carbocycles. The van der Waals surface area contributed by atoms with E-state index >= 15 is 0 Å². The highest BCUT2D eigenvalue weighted by Gasteiger charge is 2.10. The lowest BCUT2D eigenvalue weighted by molar-refractivity contribution is 0.0697. The molecule has 0 bridgehead atoms. The Hall–Kier alpha value is -4.46. The van der Waals surface area contributed by atoms with Gasteiger partial charge in [-0.25, -0.2) is 4.79 Å². The number of nitrogens with zero attached hydrogens (tertiary/aromatic N) is 3. The van der Waals surface area contributed by atoms with Gasteiger partial charge < -0.3 is 14.4 Å². The number of H-pyrrole nitrogens is 1. The van der Waals surface area contributed by atoms with Crippen molar-refractivity contribution in [3.8, 4) is 28.3 Å². The average molecular weight is 457 g/mol. The molecule has 0 aliphatic carbocycles. The predicted octanol–water partition coefficient (Wildman–Crippen LogP) is 5.84. The van der Waals surface area contributed by atoms with Crippen molar-refractivity contribution in [3.63, 3.8) is 0 Å². The number of rotatable bonds is 7. The maximum absolute atomic E-state index is 10.9. The highest BCUT2D eigenvalue weighted by Crippen LogP contribution is 2.27. The molecule has 0 aliphatic rings. The molecule has 0 spiro atoms. The minimum absolute atomic E-state index is 0.242. The number of benzene rings is 3. The van der Waals surface area contributed by atoms with Crippen molar-refractivity contribution >= 4 is 17.0 Å². The van der Waals surface area contributed by atoms with Crippen LogP contribution in [0, 0.1) is 0 Å². The normalized spacial score (nSPS) is 10.5. The second kappa shape index (κ2) is 10.9. The highest BCUT2D eigenvalue weighted by atomic mass is 16.5. The highest BCUT2D eigenvalue weighted by molar-refractivity contribution is 5.88. The maximum atomic E-state index is 10.9. The largest absolute Gasteiger partial charge is 0.494 e. The van der Waals surface area contributed by atoms with E-state index in [1.165, 1.54) is 0 Å². The van der Waals surface area contributed by atoms with Crippen LogP contribution >= 0.6 is 0 Å². The summed E-state index contributed by atoms with van der Waals surface area (Å²) < 4.78 is 11.1. The molecule has 2 N–H and O–H groups in total. The molecule has 172 valence electrons. The Balaban J connectivity index is 0.000000252. The van der Waals surface area contributed by atoms with Gasteiger partial charge in [0.1, 0.15) is 22.5 Å². The lowest BCUT2D eigenvalue weighted by atomic mass is 10.1. The molecular weight excluding hydrogens is 432 g/mol. The first-order valence-electron chi connectivity index (χ1n) is 10.9. The van der Waals surface area contributed by atoms with Crippen LogP contribution in [0.1, 0.15) is 30.1 Å². The first-order valence-corrected chi connectivity index (χ1v) is 10.9. The molecule has 5 aromatic rings. The fourth-order valence-electron chi connectivity index (χ4n) is 3.17. The van der Waals surface area contributed by atoms with E-state index in [9.17, 15) is 4.79 Å². The second-order valence-electron chi connectivity index (χ2n) is 7.50. The lowest BCUT2D eigenvalue weighted by Gasteiger charge is -2.05. The van der Waals surface area contributed by atoms with Crippen molar-refractivity contribution in [3.05, 3.63) is 84.4 Å². The van der Waals surface area contributed by atoms with Crippen LogP contribution in [0.15, 0.2) is 83.4 Å². The minimum atomic E-state index is -0.950. The monoisotopic (exact) mass is 456 g/mol. The van der Waals surface area contributed by atoms with Gasteiger partial charge in [-0.1, -0.05) is 42.8 Å². The summed E-state index contributed by atoms with van der Waals surface area (Å²) in [7, 11) is 0. The Labute approximate surface area is 196 Å². The van der Waals surface area contributed by atoms with E-state index < -0.39 is 5.97 Å². The third-order valence-electron chi connectivity index (χ3n) is 5.07. The van der Waals surface area contributed by atoms with Crippen LogP contribution in [0.2, 0.25) is 0 Å². The summed E-state index contributed by atoms with van der Waals surface area (Å²) in [5.74, 6) is 0.534. The van der Waals surface area contributed by atoms with Crippen molar-refractivity contribution < 1.29 is 19.2 Å². The third kappa shape index (κ3) is 5.66. The third-order valence-corrected chi connectivity index (χ3v) is 5.07. The number of hydrogen-bond donors (Lipinski definition) is 2. The average Bonchev–Trinajstić information content (AvgIpc) is 3.55. The van der Waals surface area contributed by atoms with Gasteiger partial charge in [-0.05, 0) is 55.0 Å². The van der Waals surface area contributed by atoms with E-state index in [0.29, 0.717) is 18.1 Å². The van der Waals surface area contributed by atoms with Gasteiger partial charge in [0.25, 0.3) is 0 Å². The molecule has 5 rings (SSSR count). The predicted molar refractivity (Wildman–Crippen MR) is 129 cm³/mol. The molecule has 0 fully saturated rings. The zero-order valence-corrected chi connectivity index (χ0v) is 18.6. The van der Waals surface area contributed by atoms with Gasteiger partial charge in [-0.3, -0.25) is 0 Å². The molecule has 0 aliphatic heterocycles. The Bertz CT molecular complexity index is 1310. The van der Waals surface area contributed by atoms with Gasteiger partial charge in [0.2, 0.25) is 0 Å². The van der Waals surface area contributed by atoms with E-state index in [4.69, 9.17) is 14.4 Å². The number of carboxylic acids is 1. The molecule has 0 radical (unpaired) electrons. The Morgan fingerprint density at radius 1 is 0.941 bits per heavy atom. The van der Waals surface area contributed by atoms with Crippen LogP contribution < -0.4 is 4.74 Å². The number of aromatic amines is 1. The summed E-state index contributed by atoms with van der Waals surface area (Å²) in [6.45, 7) is 2.85. The molecule has 0 saturated heterocycles. The molecule has 2 aromatic heterocycles. The number of ether oxygens (including phenoxy) is 1. The molecule has 0 saturated carbocycles. The van der Waals surface area contributed by atoms with Crippen LogP contribution in [0.5, 0.6) is 5.75 Å². The fraction of sp³-hybridized carbons (Fsp3) is 0.154. The molecule has 8 nitrogen and oxygen atoms in total. The van der Waals surface area contributed by atoms with Gasteiger partial charge in [-0.15, -0.1) is 0 Å². The van der Waals surface area contributed by atoms with Gasteiger partial charge >= 0.3 is 5.97 Å². The summed E-state index contributed by atoms with van der Waals surface area (Å²) in [5, 5.41) is 23.3. The van der Waals surface area contributed by atoms with Crippen molar-refractivity contribution in [2.24, 2.45) is 0 Å². The molecule has 0 atom stereocenters. The molecular formula is C26H24N4O4. The standard InChI is InChI=1S/C20H19NO4.C6H5N3/c1-2-3-12-24-17-10-8-15(9-11-17)19-13-18(21-25-19)14-4-6-16(7-5-14)20(22)23;1-2-4-6-5(3-1)7-9-8-6/h4-11,13H,2-3,12H2,1H3,(H,22,23);1-4H,(H,7,8,9). The van der Waals surface area contributed by atoms with Crippen LogP contribution in [0.3, 0.4) is 0 Å². The summed E-state index contributed by atoms with van der Waals surface area (Å²) in [6, 6.07) is 23.8. The first-order chi connectivity index (χ1) is 16.6. The van der Waals surface area contributed by atoms with Crippen molar-refractivity contribution in [1.82, 2.24) is 20.6 Å². The smallest absolute Gasteiger partial charge is 0.335 e. The number of hydrogen-bond acceptors (Lipinski definition) is 6. The molecule has 34 heavy (non-hydrogen) atoms. The van der Waals surface area contributed by atoms with E-state index in [0.717, 1.165) is 40.8 Å². The molecule has 0 unspecified atom stereocenters. The Morgan fingerprint density at radius 2 is 1.59 bits per heavy atom. The number of nitrogens with one attached hydrogen (secondary N) is 1. The summed E-state index contributed by atoms with van der Waals surface area (Å²) in [6.07, 6.45) is 2.14. The maximum Gasteiger partial charge on any atom is 0.335 e. The van der Waals surface area contributed by atoms with Crippen LogP contribution in [0.25, 0.3) is 33.6 Å². The number of unbranched alkanes of at least 4 members (excludes halogenated alkanes) is 1. The van der Waals surface area contributed by atoms with E-state index in [1.54, 1.807) is 24.3 Å². The fourth-order valence-corrected chi connectivity index (χ4v) is 3.17. The first kappa shape index (κ1) is 22.7. The van der Waals surface area contributed by atoms with E-state index in [2.05, 4.69) is 27.5 Å². The topological polar surface area (TPSA) is 114 Å². The van der Waals surface area contributed by atoms with E-state index in [-0.39, 0.29) is 5.56 Å². The quantitative estimate of drug-likeness (QED) is 0.296. The molecule has 2 heterocycles. The SMILES string of the molecule is CCCCOc1ccc(-c2cc(-c3ccc(C(=O)O)cc3)no2)cc1.c1ccc2n[nH]nc2c1. The molecule has 0 amide bonds. The van der Waals surface area contributed by atoms with Crippen molar-refractivity contribution in [2.45, 2.75) is 19.8 Å². The number of carboxylic acid groups (broad SMARTS) is 1. The van der Waals surface area contributed by atoms with Crippen molar-refractivity contribution in [1.29, 1.82) is 0 Å². The van der Waals surface area contributed by atoms with Crippen LogP contribution in [-0.4, -0.2) is 38.3 Å². The number of para-hydroxylation sites is 2. The van der Waals surface area contributed by atoms with Gasteiger partial charge in [-0.2, -0.15) is 15.4 Å². The lowest BCUT2D eigenvalue weighted by Crippen LogP contribution is -1.95. The zero-order chi connectivity index (χ0) is 23.8. The number of carbonyl (C=O) groups is 1. The zero-order valence-electron chi connectivity index (χ0n) is 18.6. The number of aromatic nitrogens is 4. The van der Waals surface area contributed by atoms with Gasteiger partial charge in [0, 0.05) is 17.2 Å². The number of fused-ring (bicyclic) bond motifs is 1. The van der Waals surface area contributed by atoms with E-state index in [1.807, 2.05) is 54.6 Å². The summed E-state index contributed by atoms with van der Waals surface area (Å²) >= 11 is 0. The van der Waals surface area contributed by atoms with Crippen LogP contribution in [0.4, 0.5) is 0 Å². The Kier molecular flexibility index (Phi) is 7.29. The minimum Gasteiger partial charge on any atom is -0.494 e. The van der Waals surface area contributed by atoms with Crippen molar-refractivity contribution in [2.75, 3.05) is 6.61 Å². The Morgan fingerprint density at radius 3 is 2.21 bits per heavy atom. The molecule has 8 heteroatoms.